The first-order valence-electron chi connectivity index (χ1n) is 5.79. The second kappa shape index (κ2) is 7.07. The number of aromatic nitrogens is 3. The van der Waals surface area contributed by atoms with Crippen molar-refractivity contribution < 1.29 is 19.4 Å². The lowest BCUT2D eigenvalue weighted by Crippen LogP contribution is -2.16. The highest BCUT2D eigenvalue weighted by Crippen LogP contribution is 2.18. The molecule has 0 spiro atoms. The first-order valence-corrected chi connectivity index (χ1v) is 5.79. The van der Waals surface area contributed by atoms with Crippen LogP contribution in [0.3, 0.4) is 0 Å². The molecule has 1 N–H and O–H groups in total. The monoisotopic (exact) mass is 257 g/mol. The molecule has 0 saturated heterocycles. The summed E-state index contributed by atoms with van der Waals surface area (Å²) < 4.78 is 11.6. The van der Waals surface area contributed by atoms with Crippen molar-refractivity contribution in [1.82, 2.24) is 14.8 Å². The average molecular weight is 257 g/mol. The zero-order chi connectivity index (χ0) is 13.5. The summed E-state index contributed by atoms with van der Waals surface area (Å²) in [4.78, 5) is 15.1. The molecule has 1 aromatic heterocycles. The molecule has 0 saturated carbocycles. The Kier molecular flexibility index (Phi) is 5.73. The van der Waals surface area contributed by atoms with E-state index in [0.717, 1.165) is 0 Å². The van der Waals surface area contributed by atoms with Gasteiger partial charge in [0, 0.05) is 20.6 Å². The second-order valence-electron chi connectivity index (χ2n) is 3.81. The third kappa shape index (κ3) is 3.78. The van der Waals surface area contributed by atoms with Crippen LogP contribution in [0.5, 0.6) is 0 Å². The van der Waals surface area contributed by atoms with Gasteiger partial charge in [0.05, 0.1) is 6.61 Å². The molecule has 0 aromatic carbocycles. The van der Waals surface area contributed by atoms with E-state index in [9.17, 15) is 4.79 Å². The van der Waals surface area contributed by atoms with Gasteiger partial charge in [0.15, 0.2) is 11.6 Å². The number of carboxylic acids is 1. The summed E-state index contributed by atoms with van der Waals surface area (Å²) in [5, 5.41) is 13.0. The Bertz CT molecular complexity index is 388. The van der Waals surface area contributed by atoms with Crippen molar-refractivity contribution in [2.45, 2.75) is 32.4 Å². The van der Waals surface area contributed by atoms with Gasteiger partial charge in [-0.3, -0.25) is 4.79 Å². The van der Waals surface area contributed by atoms with Crippen molar-refractivity contribution in [2.24, 2.45) is 0 Å². The van der Waals surface area contributed by atoms with Crippen LogP contribution in [0.15, 0.2) is 0 Å². The smallest absolute Gasteiger partial charge is 0.325 e. The van der Waals surface area contributed by atoms with Gasteiger partial charge in [-0.25, -0.2) is 9.67 Å². The molecule has 0 fully saturated rings. The zero-order valence-corrected chi connectivity index (χ0v) is 10.9. The van der Waals surface area contributed by atoms with Crippen molar-refractivity contribution in [1.29, 1.82) is 0 Å². The van der Waals surface area contributed by atoms with Gasteiger partial charge < -0.3 is 14.6 Å². The second-order valence-corrected chi connectivity index (χ2v) is 3.81. The van der Waals surface area contributed by atoms with Crippen LogP contribution in [0.1, 0.15) is 31.1 Å². The summed E-state index contributed by atoms with van der Waals surface area (Å²) in [7, 11) is 3.17. The minimum absolute atomic E-state index is 0.213. The molecule has 18 heavy (non-hydrogen) atoms. The van der Waals surface area contributed by atoms with E-state index in [-0.39, 0.29) is 12.6 Å². The van der Waals surface area contributed by atoms with E-state index in [1.165, 1.54) is 4.68 Å². The van der Waals surface area contributed by atoms with Crippen molar-refractivity contribution in [2.75, 3.05) is 20.8 Å². The van der Waals surface area contributed by atoms with Gasteiger partial charge in [-0.05, 0) is 6.42 Å². The molecular formula is C11H19N3O4. The summed E-state index contributed by atoms with van der Waals surface area (Å²) in [6.07, 6.45) is 1.02. The topological polar surface area (TPSA) is 86.5 Å². The predicted octanol–water partition coefficient (Wildman–Crippen LogP) is 0.649. The largest absolute Gasteiger partial charge is 0.480 e. The SMILES string of the molecule is CC[C@@H](OC)c1nc(CCOC)nn1CC(=O)O. The summed E-state index contributed by atoms with van der Waals surface area (Å²) in [6, 6.07) is 0. The lowest BCUT2D eigenvalue weighted by Gasteiger charge is -2.12. The van der Waals surface area contributed by atoms with Crippen LogP contribution in [0.4, 0.5) is 0 Å². The number of carbonyl (C=O) groups is 1. The number of hydrogen-bond donors (Lipinski definition) is 1. The molecule has 0 aliphatic carbocycles. The minimum Gasteiger partial charge on any atom is -0.480 e. The molecule has 1 atom stereocenters. The summed E-state index contributed by atoms with van der Waals surface area (Å²) >= 11 is 0. The number of ether oxygens (including phenoxy) is 2. The molecular weight excluding hydrogens is 238 g/mol. The van der Waals surface area contributed by atoms with Gasteiger partial charge in [-0.2, -0.15) is 5.10 Å². The highest BCUT2D eigenvalue weighted by molar-refractivity contribution is 5.66. The van der Waals surface area contributed by atoms with Crippen LogP contribution in [0.25, 0.3) is 0 Å². The summed E-state index contributed by atoms with van der Waals surface area (Å²) in [5.74, 6) is 0.169. The number of methoxy groups -OCH3 is 2. The fourth-order valence-electron chi connectivity index (χ4n) is 1.64. The van der Waals surface area contributed by atoms with E-state index in [1.807, 2.05) is 6.92 Å². The molecule has 0 radical (unpaired) electrons. The Morgan fingerprint density at radius 2 is 2.22 bits per heavy atom. The fourth-order valence-corrected chi connectivity index (χ4v) is 1.64. The maximum atomic E-state index is 10.8. The molecule has 0 bridgehead atoms. The van der Waals surface area contributed by atoms with E-state index in [0.29, 0.717) is 31.1 Å². The third-order valence-electron chi connectivity index (χ3n) is 2.50. The molecule has 7 heteroatoms. The molecule has 1 rings (SSSR count). The standard InChI is InChI=1S/C11H19N3O4/c1-4-8(18-3)11-12-9(5-6-17-2)13-14(11)7-10(15)16/h8H,4-7H2,1-3H3,(H,15,16)/t8-/m1/s1. The number of nitrogens with zero attached hydrogens (tertiary/aromatic N) is 3. The zero-order valence-electron chi connectivity index (χ0n) is 10.9. The van der Waals surface area contributed by atoms with Crippen LogP contribution >= 0.6 is 0 Å². The average Bonchev–Trinajstić information content (AvgIpc) is 2.71. The molecule has 0 amide bonds. The molecule has 1 heterocycles. The highest BCUT2D eigenvalue weighted by atomic mass is 16.5. The summed E-state index contributed by atoms with van der Waals surface area (Å²) in [6.45, 7) is 2.23. The first kappa shape index (κ1) is 14.6. The lowest BCUT2D eigenvalue weighted by molar-refractivity contribution is -0.138. The Morgan fingerprint density at radius 3 is 2.72 bits per heavy atom. The van der Waals surface area contributed by atoms with Crippen LogP contribution < -0.4 is 0 Å². The molecule has 1 aromatic rings. The Labute approximate surface area is 106 Å². The van der Waals surface area contributed by atoms with E-state index in [4.69, 9.17) is 14.6 Å². The van der Waals surface area contributed by atoms with Crippen molar-refractivity contribution in [3.8, 4) is 0 Å². The maximum absolute atomic E-state index is 10.8. The molecule has 0 aliphatic rings. The lowest BCUT2D eigenvalue weighted by atomic mass is 10.2. The quantitative estimate of drug-likeness (QED) is 0.735. The Hall–Kier alpha value is -1.47. The van der Waals surface area contributed by atoms with Crippen molar-refractivity contribution >= 4 is 5.97 Å². The van der Waals surface area contributed by atoms with Gasteiger partial charge in [-0.15, -0.1) is 0 Å². The van der Waals surface area contributed by atoms with Crippen LogP contribution in [0.2, 0.25) is 0 Å². The van der Waals surface area contributed by atoms with E-state index in [1.54, 1.807) is 14.2 Å². The van der Waals surface area contributed by atoms with Crippen molar-refractivity contribution in [3.63, 3.8) is 0 Å². The van der Waals surface area contributed by atoms with Crippen LogP contribution in [0, 0.1) is 0 Å². The van der Waals surface area contributed by atoms with Gasteiger partial charge in [0.25, 0.3) is 0 Å². The van der Waals surface area contributed by atoms with E-state index >= 15 is 0 Å². The normalized spacial score (nSPS) is 12.6. The maximum Gasteiger partial charge on any atom is 0.325 e. The number of rotatable bonds is 8. The van der Waals surface area contributed by atoms with Gasteiger partial charge in [-0.1, -0.05) is 6.92 Å². The third-order valence-corrected chi connectivity index (χ3v) is 2.50. The van der Waals surface area contributed by atoms with Crippen LogP contribution in [-0.4, -0.2) is 46.7 Å². The molecule has 102 valence electrons. The molecule has 7 nitrogen and oxygen atoms in total. The van der Waals surface area contributed by atoms with E-state index in [2.05, 4.69) is 10.1 Å². The van der Waals surface area contributed by atoms with Gasteiger partial charge in [0.1, 0.15) is 12.6 Å². The number of carboxylic acid groups (broad SMARTS) is 1. The molecule has 0 unspecified atom stereocenters. The number of hydrogen-bond acceptors (Lipinski definition) is 5. The molecule has 0 aliphatic heterocycles. The Balaban J connectivity index is 2.95. The van der Waals surface area contributed by atoms with Crippen molar-refractivity contribution in [3.05, 3.63) is 11.6 Å². The Morgan fingerprint density at radius 1 is 1.50 bits per heavy atom. The number of aliphatic carboxylic acids is 1. The predicted molar refractivity (Wildman–Crippen MR) is 63.3 cm³/mol. The van der Waals surface area contributed by atoms with Crippen LogP contribution in [-0.2, 0) is 27.2 Å². The first-order chi connectivity index (χ1) is 8.62. The highest BCUT2D eigenvalue weighted by Gasteiger charge is 2.19. The minimum atomic E-state index is -0.953. The van der Waals surface area contributed by atoms with Gasteiger partial charge in [0.2, 0.25) is 0 Å². The fraction of sp³-hybridized carbons (Fsp3) is 0.727. The summed E-state index contributed by atoms with van der Waals surface area (Å²) in [5.41, 5.74) is 0. The van der Waals surface area contributed by atoms with Gasteiger partial charge >= 0.3 is 5.97 Å². The van der Waals surface area contributed by atoms with E-state index < -0.39 is 5.97 Å².